The molecule has 2 aromatic carbocycles. The van der Waals surface area contributed by atoms with Crippen LogP contribution in [0.1, 0.15) is 23.1 Å². The minimum atomic E-state index is -0.711. The summed E-state index contributed by atoms with van der Waals surface area (Å²) in [4.78, 5) is 15.0. The normalized spacial score (nSPS) is 12.4. The maximum absolute atomic E-state index is 15.3. The lowest BCUT2D eigenvalue weighted by Gasteiger charge is -2.19. The lowest BCUT2D eigenvalue weighted by Crippen LogP contribution is -2.08. The van der Waals surface area contributed by atoms with Crippen molar-refractivity contribution in [2.75, 3.05) is 14.2 Å². The summed E-state index contributed by atoms with van der Waals surface area (Å²) in [5, 5.41) is 1.23. The Labute approximate surface area is 193 Å². The molecule has 0 aliphatic rings. The van der Waals surface area contributed by atoms with Crippen molar-refractivity contribution in [1.82, 2.24) is 19.9 Å². The van der Waals surface area contributed by atoms with E-state index in [0.29, 0.717) is 33.4 Å². The number of rotatable bonds is 7. The summed E-state index contributed by atoms with van der Waals surface area (Å²) in [5.74, 6) is 0.769. The summed E-state index contributed by atoms with van der Waals surface area (Å²) < 4.78 is 32.3. The molecule has 0 saturated carbocycles. The number of nitrogens with one attached hydrogen (secondary N) is 2. The second-order valence-corrected chi connectivity index (χ2v) is 7.86. The van der Waals surface area contributed by atoms with E-state index in [0.717, 1.165) is 16.4 Å². The Kier molecular flexibility index (Phi) is 5.62. The number of para-hydroxylation sites is 2. The number of nitrogens with zero attached hydrogens (tertiary/aromatic N) is 2. The van der Waals surface area contributed by atoms with Gasteiger partial charge in [0, 0.05) is 42.1 Å². The summed E-state index contributed by atoms with van der Waals surface area (Å²) >= 11 is 6.12. The molecule has 0 aliphatic carbocycles. The second-order valence-electron chi connectivity index (χ2n) is 7.42. The van der Waals surface area contributed by atoms with E-state index in [1.165, 1.54) is 20.3 Å². The SMILES string of the molecule is COc1cc(C(OC)c2c[nH]c3ncc(Cl)cc23)c(F)cc1OCc1nc2ccccc2[nH]1. The number of halogens is 2. The van der Waals surface area contributed by atoms with E-state index in [-0.39, 0.29) is 12.4 Å². The Hall–Kier alpha value is -3.62. The number of ether oxygens (including phenoxy) is 3. The maximum Gasteiger partial charge on any atom is 0.164 e. The van der Waals surface area contributed by atoms with Crippen molar-refractivity contribution in [3.05, 3.63) is 82.6 Å². The first-order valence-electron chi connectivity index (χ1n) is 10.2. The van der Waals surface area contributed by atoms with Gasteiger partial charge in [0.15, 0.2) is 11.5 Å². The van der Waals surface area contributed by atoms with Crippen molar-refractivity contribution in [2.45, 2.75) is 12.7 Å². The molecule has 0 fully saturated rings. The molecule has 0 amide bonds. The molecule has 7 nitrogen and oxygen atoms in total. The number of aromatic nitrogens is 4. The number of fused-ring (bicyclic) bond motifs is 2. The summed E-state index contributed by atoms with van der Waals surface area (Å²) in [7, 11) is 3.02. The lowest BCUT2D eigenvalue weighted by atomic mass is 10.00. The molecule has 3 heterocycles. The second kappa shape index (κ2) is 8.73. The van der Waals surface area contributed by atoms with Crippen molar-refractivity contribution in [3.8, 4) is 11.5 Å². The van der Waals surface area contributed by atoms with E-state index in [1.807, 2.05) is 24.3 Å². The highest BCUT2D eigenvalue weighted by molar-refractivity contribution is 6.31. The van der Waals surface area contributed by atoms with Crippen LogP contribution in [0, 0.1) is 5.82 Å². The van der Waals surface area contributed by atoms with E-state index in [2.05, 4.69) is 19.9 Å². The van der Waals surface area contributed by atoms with Gasteiger partial charge in [0.2, 0.25) is 0 Å². The highest BCUT2D eigenvalue weighted by Crippen LogP contribution is 2.38. The fourth-order valence-electron chi connectivity index (χ4n) is 3.88. The summed E-state index contributed by atoms with van der Waals surface area (Å²) in [6, 6.07) is 12.3. The van der Waals surface area contributed by atoms with Crippen LogP contribution in [0.15, 0.2) is 54.9 Å². The summed E-state index contributed by atoms with van der Waals surface area (Å²) in [6.45, 7) is 0.129. The van der Waals surface area contributed by atoms with Gasteiger partial charge in [-0.2, -0.15) is 0 Å². The zero-order valence-electron chi connectivity index (χ0n) is 17.9. The number of benzene rings is 2. The molecule has 9 heteroatoms. The fraction of sp³-hybridized carbons (Fsp3) is 0.167. The first-order chi connectivity index (χ1) is 16.1. The number of aromatic amines is 2. The van der Waals surface area contributed by atoms with Crippen molar-refractivity contribution < 1.29 is 18.6 Å². The molecule has 5 aromatic rings. The molecule has 5 rings (SSSR count). The number of hydrogen-bond acceptors (Lipinski definition) is 5. The van der Waals surface area contributed by atoms with Gasteiger partial charge in [0.05, 0.1) is 23.2 Å². The molecule has 0 radical (unpaired) electrons. The van der Waals surface area contributed by atoms with Crippen LogP contribution in [0.5, 0.6) is 11.5 Å². The largest absolute Gasteiger partial charge is 0.493 e. The van der Waals surface area contributed by atoms with Crippen LogP contribution in [0.25, 0.3) is 22.1 Å². The minimum Gasteiger partial charge on any atom is -0.493 e. The van der Waals surface area contributed by atoms with Crippen molar-refractivity contribution >= 4 is 33.7 Å². The van der Waals surface area contributed by atoms with E-state index < -0.39 is 11.9 Å². The topological polar surface area (TPSA) is 85.1 Å². The van der Waals surface area contributed by atoms with Crippen LogP contribution in [0.3, 0.4) is 0 Å². The average Bonchev–Trinajstić information content (AvgIpc) is 3.43. The van der Waals surface area contributed by atoms with Gasteiger partial charge in [-0.15, -0.1) is 0 Å². The van der Waals surface area contributed by atoms with Gasteiger partial charge in [-0.3, -0.25) is 0 Å². The van der Waals surface area contributed by atoms with E-state index >= 15 is 4.39 Å². The molecule has 3 aromatic heterocycles. The van der Waals surface area contributed by atoms with Gasteiger partial charge in [-0.1, -0.05) is 23.7 Å². The number of hydrogen-bond donors (Lipinski definition) is 2. The van der Waals surface area contributed by atoms with Crippen LogP contribution < -0.4 is 9.47 Å². The fourth-order valence-corrected chi connectivity index (χ4v) is 4.04. The van der Waals surface area contributed by atoms with E-state index in [4.69, 9.17) is 25.8 Å². The smallest absolute Gasteiger partial charge is 0.164 e. The first-order valence-corrected chi connectivity index (χ1v) is 10.5. The van der Waals surface area contributed by atoms with Gasteiger partial charge in [-0.25, -0.2) is 14.4 Å². The molecule has 2 N–H and O–H groups in total. The Morgan fingerprint density at radius 1 is 1.09 bits per heavy atom. The van der Waals surface area contributed by atoms with E-state index in [1.54, 1.807) is 24.5 Å². The molecule has 0 saturated heterocycles. The van der Waals surface area contributed by atoms with Crippen LogP contribution in [0.4, 0.5) is 4.39 Å². The van der Waals surface area contributed by atoms with Crippen molar-refractivity contribution in [3.63, 3.8) is 0 Å². The van der Waals surface area contributed by atoms with Crippen LogP contribution in [-0.4, -0.2) is 34.2 Å². The maximum atomic E-state index is 15.3. The quantitative estimate of drug-likeness (QED) is 0.328. The highest BCUT2D eigenvalue weighted by Gasteiger charge is 2.24. The van der Waals surface area contributed by atoms with Crippen molar-refractivity contribution in [2.24, 2.45) is 0 Å². The van der Waals surface area contributed by atoms with Gasteiger partial charge in [0.1, 0.15) is 30.0 Å². The predicted octanol–water partition coefficient (Wildman–Crippen LogP) is 5.56. The highest BCUT2D eigenvalue weighted by atomic mass is 35.5. The Bertz CT molecular complexity index is 1420. The average molecular weight is 467 g/mol. The molecule has 1 atom stereocenters. The third kappa shape index (κ3) is 3.99. The van der Waals surface area contributed by atoms with E-state index in [9.17, 15) is 0 Å². The molecule has 33 heavy (non-hydrogen) atoms. The Balaban J connectivity index is 1.46. The molecule has 1 unspecified atom stereocenters. The number of methoxy groups -OCH3 is 2. The van der Waals surface area contributed by atoms with Gasteiger partial charge < -0.3 is 24.2 Å². The summed E-state index contributed by atoms with van der Waals surface area (Å²) in [5.41, 5.74) is 3.38. The zero-order valence-corrected chi connectivity index (χ0v) is 18.6. The van der Waals surface area contributed by atoms with Crippen LogP contribution >= 0.6 is 11.6 Å². The van der Waals surface area contributed by atoms with Gasteiger partial charge >= 0.3 is 0 Å². The molecule has 168 valence electrons. The number of imidazole rings is 1. The Morgan fingerprint density at radius 3 is 2.73 bits per heavy atom. The molecule has 0 bridgehead atoms. The van der Waals surface area contributed by atoms with Gasteiger partial charge in [-0.05, 0) is 24.3 Å². The zero-order chi connectivity index (χ0) is 22.9. The molecular formula is C24H20ClFN4O3. The Morgan fingerprint density at radius 2 is 1.94 bits per heavy atom. The minimum absolute atomic E-state index is 0.129. The number of H-pyrrole nitrogens is 2. The van der Waals surface area contributed by atoms with Crippen LogP contribution in [-0.2, 0) is 11.3 Å². The third-order valence-electron chi connectivity index (χ3n) is 5.42. The standard InChI is InChI=1S/C24H20ClFN4O3/c1-31-20-8-15(23(32-2)16-11-28-24-14(16)7-13(25)10-27-24)17(26)9-21(20)33-12-22-29-18-5-3-4-6-19(18)30-22/h3-11,23H,12H2,1-2H3,(H,27,28)(H,29,30). The lowest BCUT2D eigenvalue weighted by molar-refractivity contribution is 0.133. The predicted molar refractivity (Wildman–Crippen MR) is 123 cm³/mol. The van der Waals surface area contributed by atoms with Gasteiger partial charge in [0.25, 0.3) is 0 Å². The third-order valence-corrected chi connectivity index (χ3v) is 5.62. The first kappa shape index (κ1) is 21.2. The molecule has 0 spiro atoms. The molecular weight excluding hydrogens is 447 g/mol. The summed E-state index contributed by atoms with van der Waals surface area (Å²) in [6.07, 6.45) is 2.57. The monoisotopic (exact) mass is 466 g/mol. The van der Waals surface area contributed by atoms with Crippen molar-refractivity contribution in [1.29, 1.82) is 0 Å². The number of pyridine rings is 1. The molecule has 0 aliphatic heterocycles. The van der Waals surface area contributed by atoms with Crippen LogP contribution in [0.2, 0.25) is 5.02 Å².